The molecule has 1 aromatic carbocycles. The molecule has 1 unspecified atom stereocenters. The number of aromatic nitrogens is 1. The third-order valence-corrected chi connectivity index (χ3v) is 8.67. The van der Waals surface area contributed by atoms with Crippen molar-refractivity contribution < 1.29 is 8.78 Å². The normalized spacial score (nSPS) is 19.8. The van der Waals surface area contributed by atoms with E-state index in [-0.39, 0.29) is 5.92 Å². The van der Waals surface area contributed by atoms with E-state index in [0.29, 0.717) is 24.4 Å². The lowest BCUT2D eigenvalue weighted by atomic mass is 9.84. The summed E-state index contributed by atoms with van der Waals surface area (Å²) in [7, 11) is 1.50. The number of pyridine rings is 1. The van der Waals surface area contributed by atoms with Gasteiger partial charge in [0.25, 0.3) is 0 Å². The highest BCUT2D eigenvalue weighted by Gasteiger charge is 2.22. The van der Waals surface area contributed by atoms with E-state index in [1.165, 1.54) is 24.2 Å². The van der Waals surface area contributed by atoms with E-state index in [1.54, 1.807) is 0 Å². The predicted molar refractivity (Wildman–Crippen MR) is 164 cm³/mol. The fraction of sp³-hybridized carbons (Fsp3) is 0.531. The molecule has 1 aliphatic carbocycles. The second-order valence-corrected chi connectivity index (χ2v) is 11.3. The van der Waals surface area contributed by atoms with Crippen LogP contribution in [0.15, 0.2) is 36.2 Å². The molecule has 2 heterocycles. The summed E-state index contributed by atoms with van der Waals surface area (Å²) in [5.74, 6) is -0.632. The van der Waals surface area contributed by atoms with Gasteiger partial charge in [0, 0.05) is 48.6 Å². The summed E-state index contributed by atoms with van der Waals surface area (Å²) in [5, 5.41) is 3.77. The smallest absolute Gasteiger partial charge is 0.129 e. The van der Waals surface area contributed by atoms with Crippen molar-refractivity contribution >= 4 is 24.1 Å². The molecule has 0 bridgehead atoms. The van der Waals surface area contributed by atoms with E-state index < -0.39 is 11.6 Å². The van der Waals surface area contributed by atoms with Gasteiger partial charge in [-0.2, -0.15) is 0 Å². The summed E-state index contributed by atoms with van der Waals surface area (Å²) in [6, 6.07) is 5.14. The molecule has 4 nitrogen and oxygen atoms in total. The van der Waals surface area contributed by atoms with Gasteiger partial charge in [-0.05, 0) is 107 Å². The molecule has 0 radical (unpaired) electrons. The molecule has 1 aromatic heterocycles. The van der Waals surface area contributed by atoms with E-state index in [0.717, 1.165) is 81.1 Å². The second-order valence-electron chi connectivity index (χ2n) is 10.4. The molecule has 1 aliphatic heterocycles. The lowest BCUT2D eigenvalue weighted by Crippen LogP contribution is -2.39. The highest BCUT2D eigenvalue weighted by Crippen LogP contribution is 2.34. The van der Waals surface area contributed by atoms with Crippen LogP contribution in [-0.4, -0.2) is 41.7 Å². The maximum atomic E-state index is 14.6. The van der Waals surface area contributed by atoms with Crippen molar-refractivity contribution in [3.63, 3.8) is 0 Å². The summed E-state index contributed by atoms with van der Waals surface area (Å²) in [6.45, 7) is 6.42. The molecule has 0 amide bonds. The SMILES string of the molecule is C/C=C\c1ccnc(C2CCCCCc3c(F)cc(F)cc3CC2)c1/C=C(\C)NC1CCN(SC)CC1.CN. The van der Waals surface area contributed by atoms with Crippen molar-refractivity contribution in [2.75, 3.05) is 26.4 Å². The monoisotopic (exact) mass is 556 g/mol. The van der Waals surface area contributed by atoms with Crippen LogP contribution >= 0.6 is 11.9 Å². The van der Waals surface area contributed by atoms with E-state index in [9.17, 15) is 8.78 Å². The summed E-state index contributed by atoms with van der Waals surface area (Å²) in [6.07, 6.45) is 19.1. The average Bonchev–Trinajstić information content (AvgIpc) is 2.94. The number of hydrogen-bond donors (Lipinski definition) is 2. The van der Waals surface area contributed by atoms with Gasteiger partial charge in [0.15, 0.2) is 0 Å². The minimum absolute atomic E-state index is 0.242. The largest absolute Gasteiger partial charge is 0.386 e. The number of allylic oxidation sites excluding steroid dienone is 2. The van der Waals surface area contributed by atoms with Crippen molar-refractivity contribution in [3.05, 3.63) is 75.8 Å². The van der Waals surface area contributed by atoms with Gasteiger partial charge < -0.3 is 11.1 Å². The molecular weight excluding hydrogens is 510 g/mol. The fourth-order valence-electron chi connectivity index (χ4n) is 5.85. The van der Waals surface area contributed by atoms with Crippen molar-refractivity contribution in [2.24, 2.45) is 5.73 Å². The Bertz CT molecular complexity index is 1110. The minimum Gasteiger partial charge on any atom is -0.386 e. The fourth-order valence-corrected chi connectivity index (χ4v) is 6.43. The summed E-state index contributed by atoms with van der Waals surface area (Å²) < 4.78 is 31.1. The van der Waals surface area contributed by atoms with Gasteiger partial charge in [0.1, 0.15) is 11.6 Å². The first kappa shape index (κ1) is 31.3. The van der Waals surface area contributed by atoms with Crippen molar-refractivity contribution in [1.29, 1.82) is 0 Å². The van der Waals surface area contributed by atoms with Gasteiger partial charge in [-0.25, -0.2) is 8.78 Å². The van der Waals surface area contributed by atoms with Crippen LogP contribution in [0.5, 0.6) is 0 Å². The first-order valence-corrected chi connectivity index (χ1v) is 15.6. The standard InChI is InChI=1S/C31H41F2N3S.CH5N/c1-4-8-23-13-16-34-31(29(23)19-22(2)35-27-14-17-36(37-3)18-15-27)24-9-6-5-7-10-28-25(12-11-24)20-26(32)21-30(28)33;1-2/h4,8,13,16,19-21,24,27,35H,5-7,9-12,14-15,17-18H2,1-3H3;2H2,1H3/b8-4-,22-19+;. The maximum absolute atomic E-state index is 14.6. The molecule has 4 rings (SSSR count). The van der Waals surface area contributed by atoms with Gasteiger partial charge in [-0.1, -0.05) is 36.9 Å². The zero-order valence-electron chi connectivity index (χ0n) is 24.1. The number of nitrogens with zero attached hydrogens (tertiary/aromatic N) is 2. The molecule has 2 aliphatic rings. The molecule has 0 spiro atoms. The average molecular weight is 557 g/mol. The Morgan fingerprint density at radius 1 is 1.08 bits per heavy atom. The van der Waals surface area contributed by atoms with Crippen molar-refractivity contribution in [3.8, 4) is 0 Å². The highest BCUT2D eigenvalue weighted by molar-refractivity contribution is 7.96. The number of halogens is 2. The van der Waals surface area contributed by atoms with E-state index >= 15 is 0 Å². The van der Waals surface area contributed by atoms with Crippen LogP contribution in [0.4, 0.5) is 8.78 Å². The van der Waals surface area contributed by atoms with Crippen LogP contribution in [0.3, 0.4) is 0 Å². The van der Waals surface area contributed by atoms with Crippen LogP contribution in [0, 0.1) is 11.6 Å². The highest BCUT2D eigenvalue weighted by atomic mass is 32.2. The quantitative estimate of drug-likeness (QED) is 0.361. The summed E-state index contributed by atoms with van der Waals surface area (Å²) >= 11 is 1.83. The van der Waals surface area contributed by atoms with Gasteiger partial charge in [-0.3, -0.25) is 9.29 Å². The topological polar surface area (TPSA) is 54.2 Å². The zero-order valence-corrected chi connectivity index (χ0v) is 24.9. The number of aryl methyl sites for hydroxylation is 1. The Morgan fingerprint density at radius 2 is 1.85 bits per heavy atom. The summed E-state index contributed by atoms with van der Waals surface area (Å²) in [5.41, 5.74) is 10.6. The maximum Gasteiger partial charge on any atom is 0.129 e. The van der Waals surface area contributed by atoms with Crippen molar-refractivity contribution in [1.82, 2.24) is 14.6 Å². The number of benzene rings is 1. The van der Waals surface area contributed by atoms with Crippen molar-refractivity contribution in [2.45, 2.75) is 83.6 Å². The van der Waals surface area contributed by atoms with E-state index in [2.05, 4.69) is 52.8 Å². The third kappa shape index (κ3) is 8.89. The Kier molecular flexibility index (Phi) is 13.0. The minimum atomic E-state index is -0.480. The molecule has 1 saturated heterocycles. The Hall–Kier alpha value is -2.22. The van der Waals surface area contributed by atoms with Crippen LogP contribution in [0.2, 0.25) is 0 Å². The predicted octanol–water partition coefficient (Wildman–Crippen LogP) is 7.49. The van der Waals surface area contributed by atoms with Crippen LogP contribution in [-0.2, 0) is 12.8 Å². The second kappa shape index (κ2) is 16.1. The molecule has 39 heavy (non-hydrogen) atoms. The molecule has 1 fully saturated rings. The van der Waals surface area contributed by atoms with E-state index in [4.69, 9.17) is 4.98 Å². The third-order valence-electron chi connectivity index (χ3n) is 7.79. The number of fused-ring (bicyclic) bond motifs is 1. The zero-order chi connectivity index (χ0) is 28.2. The number of nitrogens with two attached hydrogens (primary N) is 1. The number of hydrogen-bond acceptors (Lipinski definition) is 5. The van der Waals surface area contributed by atoms with Crippen LogP contribution < -0.4 is 11.1 Å². The molecular formula is C32H46F2N4S. The van der Waals surface area contributed by atoms with Gasteiger partial charge >= 0.3 is 0 Å². The van der Waals surface area contributed by atoms with Crippen LogP contribution in [0.1, 0.15) is 92.7 Å². The summed E-state index contributed by atoms with van der Waals surface area (Å²) in [4.78, 5) is 4.92. The molecule has 0 saturated carbocycles. The number of nitrogens with one attached hydrogen (secondary N) is 1. The van der Waals surface area contributed by atoms with Crippen LogP contribution in [0.25, 0.3) is 12.2 Å². The molecule has 7 heteroatoms. The number of piperidine rings is 1. The Balaban J connectivity index is 0.00000205. The molecule has 1 atom stereocenters. The Morgan fingerprint density at radius 3 is 2.56 bits per heavy atom. The Labute approximate surface area is 238 Å². The molecule has 3 N–H and O–H groups in total. The van der Waals surface area contributed by atoms with Gasteiger partial charge in [-0.15, -0.1) is 0 Å². The first-order chi connectivity index (χ1) is 19.0. The number of rotatable bonds is 6. The van der Waals surface area contributed by atoms with Gasteiger partial charge in [0.2, 0.25) is 0 Å². The first-order valence-electron chi connectivity index (χ1n) is 14.4. The lowest BCUT2D eigenvalue weighted by molar-refractivity contribution is 0.322. The molecule has 2 aromatic rings. The van der Waals surface area contributed by atoms with E-state index in [1.807, 2.05) is 25.1 Å². The van der Waals surface area contributed by atoms with Gasteiger partial charge in [0.05, 0.1) is 5.69 Å². The molecule has 214 valence electrons. The lowest BCUT2D eigenvalue weighted by Gasteiger charge is -2.31.